The van der Waals surface area contributed by atoms with Gasteiger partial charge >= 0.3 is 0 Å². The van der Waals surface area contributed by atoms with E-state index in [1.807, 2.05) is 48.5 Å². The number of aliphatic hydroxyl groups excluding tert-OH is 2. The van der Waals surface area contributed by atoms with Crippen LogP contribution in [-0.2, 0) is 19.1 Å². The van der Waals surface area contributed by atoms with Gasteiger partial charge in [0.2, 0.25) is 0 Å². The monoisotopic (exact) mass is 710 g/mol. The van der Waals surface area contributed by atoms with Crippen molar-refractivity contribution in [2.24, 2.45) is 52.8 Å². The molecule has 6 rings (SSSR count). The third kappa shape index (κ3) is 5.83. The van der Waals surface area contributed by atoms with Crippen LogP contribution >= 0.6 is 0 Å². The van der Waals surface area contributed by atoms with Crippen LogP contribution in [0.1, 0.15) is 93.4 Å². The normalized spacial score (nSPS) is 46.3. The van der Waals surface area contributed by atoms with Crippen molar-refractivity contribution in [3.05, 3.63) is 45.6 Å². The lowest BCUT2D eigenvalue weighted by atomic mass is 9.63. The Hall–Kier alpha value is -1.98. The minimum atomic E-state index is -2.05. The summed E-state index contributed by atoms with van der Waals surface area (Å²) in [5, 5.41) is 60.5. The molecular weight excluding hydrogens is 648 g/mol. The molecule has 284 valence electrons. The van der Waals surface area contributed by atoms with Crippen LogP contribution in [0.25, 0.3) is 0 Å². The Labute approximate surface area is 303 Å². The van der Waals surface area contributed by atoms with Crippen LogP contribution in [0.4, 0.5) is 0 Å². The molecule has 6 aliphatic rings. The van der Waals surface area contributed by atoms with Crippen LogP contribution in [0, 0.1) is 52.8 Å². The molecule has 2 saturated carbocycles. The fourth-order valence-corrected chi connectivity index (χ4v) is 11.5. The quantitative estimate of drug-likeness (QED) is 0.227. The number of carbonyl (C=O) groups excluding carboxylic acids is 2. The lowest BCUT2D eigenvalue weighted by Gasteiger charge is -2.42. The maximum absolute atomic E-state index is 15.0. The molecule has 0 amide bonds. The Morgan fingerprint density at radius 1 is 0.765 bits per heavy atom. The van der Waals surface area contributed by atoms with Gasteiger partial charge in [0.15, 0.2) is 17.2 Å². The third-order valence-electron chi connectivity index (χ3n) is 14.3. The predicted octanol–water partition coefficient (Wildman–Crippen LogP) is 4.65. The van der Waals surface area contributed by atoms with E-state index in [9.17, 15) is 35.1 Å². The van der Waals surface area contributed by atoms with Crippen LogP contribution in [0.15, 0.2) is 45.6 Å². The second-order valence-electron chi connectivity index (χ2n) is 18.0. The molecular formula is C42H62O9. The predicted molar refractivity (Wildman–Crippen MR) is 193 cm³/mol. The van der Waals surface area contributed by atoms with Crippen molar-refractivity contribution in [2.75, 3.05) is 27.4 Å². The molecule has 0 aromatic heterocycles. The summed E-state index contributed by atoms with van der Waals surface area (Å²) in [6.45, 7) is 13.9. The van der Waals surface area contributed by atoms with Crippen LogP contribution in [0.3, 0.4) is 0 Å². The third-order valence-corrected chi connectivity index (χ3v) is 14.3. The zero-order chi connectivity index (χ0) is 37.6. The first-order chi connectivity index (χ1) is 23.8. The van der Waals surface area contributed by atoms with E-state index in [-0.39, 0.29) is 67.3 Å². The number of hydrogen-bond acceptors (Lipinski definition) is 9. The van der Waals surface area contributed by atoms with E-state index >= 15 is 0 Å². The van der Waals surface area contributed by atoms with E-state index in [1.165, 1.54) is 7.11 Å². The van der Waals surface area contributed by atoms with E-state index in [1.54, 1.807) is 13.2 Å². The Bertz CT molecular complexity index is 1570. The first kappa shape index (κ1) is 38.7. The number of carbonyl (C=O) groups is 2. The summed E-state index contributed by atoms with van der Waals surface area (Å²) in [5.74, 6) is -3.22. The molecule has 9 heteroatoms. The number of ether oxygens (including phenoxy) is 2. The van der Waals surface area contributed by atoms with Crippen LogP contribution < -0.4 is 0 Å². The Kier molecular flexibility index (Phi) is 10.2. The first-order valence-electron chi connectivity index (χ1n) is 19.3. The van der Waals surface area contributed by atoms with Gasteiger partial charge in [-0.05, 0) is 103 Å². The largest absolute Gasteiger partial charge is 0.392 e. The molecule has 2 fully saturated rings. The van der Waals surface area contributed by atoms with Crippen molar-refractivity contribution in [3.8, 4) is 0 Å². The summed E-state index contributed by atoms with van der Waals surface area (Å²) in [7, 11) is 3.08. The zero-order valence-corrected chi connectivity index (χ0v) is 32.2. The number of Topliss-reactive ketones (excluding diaryl/α,β-unsaturated/α-hetero) is 2. The maximum Gasteiger partial charge on any atom is 0.195 e. The molecule has 51 heavy (non-hydrogen) atoms. The highest BCUT2D eigenvalue weighted by molar-refractivity contribution is 6.08. The topological polar surface area (TPSA) is 154 Å². The maximum atomic E-state index is 15.0. The number of ketones is 2. The van der Waals surface area contributed by atoms with E-state index in [0.717, 1.165) is 11.1 Å². The van der Waals surface area contributed by atoms with Crippen LogP contribution in [-0.4, -0.2) is 93.5 Å². The second kappa shape index (κ2) is 13.4. The van der Waals surface area contributed by atoms with Gasteiger partial charge in [0, 0.05) is 37.0 Å². The summed E-state index contributed by atoms with van der Waals surface area (Å²) in [6, 6.07) is 0. The average molecular weight is 711 g/mol. The van der Waals surface area contributed by atoms with Crippen LogP contribution in [0.2, 0.25) is 0 Å². The first-order valence-corrected chi connectivity index (χ1v) is 19.3. The van der Waals surface area contributed by atoms with Crippen molar-refractivity contribution in [2.45, 2.75) is 122 Å². The SMILES string of the molecule is COC[C@@]1(O)CC[C@@H]2/C1=C\[C@@]1(O)C(=O)C(C(C)C)=C(C[C@H](O)[C@@H]2C)[C@H]1C[C@@H]1C(=O)C(C(C)C)=C2C[C@H](O)[C@H](C)[C@@H]3CC[C@](O)(COC)/C3=C/[C@]21C. The summed E-state index contributed by atoms with van der Waals surface area (Å²) in [4.78, 5) is 29.6. The van der Waals surface area contributed by atoms with Gasteiger partial charge < -0.3 is 35.0 Å². The van der Waals surface area contributed by atoms with Crippen LogP contribution in [0.5, 0.6) is 0 Å². The van der Waals surface area contributed by atoms with Crippen molar-refractivity contribution in [1.82, 2.24) is 0 Å². The van der Waals surface area contributed by atoms with Gasteiger partial charge in [-0.25, -0.2) is 0 Å². The summed E-state index contributed by atoms with van der Waals surface area (Å²) in [5.41, 5.74) is -1.64. The van der Waals surface area contributed by atoms with Gasteiger partial charge in [-0.3, -0.25) is 9.59 Å². The Morgan fingerprint density at radius 2 is 1.25 bits per heavy atom. The molecule has 12 atom stereocenters. The molecule has 5 N–H and O–H groups in total. The smallest absolute Gasteiger partial charge is 0.195 e. The minimum absolute atomic E-state index is 0.00547. The number of aliphatic hydroxyl groups is 5. The highest BCUT2D eigenvalue weighted by Gasteiger charge is 2.61. The van der Waals surface area contributed by atoms with Crippen molar-refractivity contribution < 1.29 is 44.6 Å². The highest BCUT2D eigenvalue weighted by Crippen LogP contribution is 2.61. The molecule has 0 heterocycles. The fourth-order valence-electron chi connectivity index (χ4n) is 11.5. The molecule has 0 spiro atoms. The summed E-state index contributed by atoms with van der Waals surface area (Å²) in [6.07, 6.45) is 4.84. The van der Waals surface area contributed by atoms with Crippen molar-refractivity contribution in [1.29, 1.82) is 0 Å². The Balaban J connectivity index is 1.57. The van der Waals surface area contributed by atoms with Gasteiger partial charge in [0.25, 0.3) is 0 Å². The second-order valence-corrected chi connectivity index (χ2v) is 18.0. The van der Waals surface area contributed by atoms with E-state index in [2.05, 4.69) is 6.08 Å². The molecule has 0 unspecified atom stereocenters. The fraction of sp³-hybridized carbons (Fsp3) is 0.762. The molecule has 2 bridgehead atoms. The number of rotatable bonds is 8. The van der Waals surface area contributed by atoms with Gasteiger partial charge in [-0.1, -0.05) is 65.7 Å². The molecule has 0 aromatic carbocycles. The highest BCUT2D eigenvalue weighted by atomic mass is 16.5. The minimum Gasteiger partial charge on any atom is -0.392 e. The number of hydrogen-bond donors (Lipinski definition) is 5. The number of fused-ring (bicyclic) bond motifs is 5. The Morgan fingerprint density at radius 3 is 1.75 bits per heavy atom. The lowest BCUT2D eigenvalue weighted by molar-refractivity contribution is -0.132. The number of methoxy groups -OCH3 is 2. The molecule has 0 saturated heterocycles. The molecule has 0 aromatic rings. The molecule has 0 aliphatic heterocycles. The van der Waals surface area contributed by atoms with Crippen molar-refractivity contribution in [3.63, 3.8) is 0 Å². The molecule has 9 nitrogen and oxygen atoms in total. The van der Waals surface area contributed by atoms with E-state index < -0.39 is 52.0 Å². The molecule has 6 aliphatic carbocycles. The van der Waals surface area contributed by atoms with Gasteiger partial charge in [-0.15, -0.1) is 0 Å². The molecule has 0 radical (unpaired) electrons. The summed E-state index contributed by atoms with van der Waals surface area (Å²) < 4.78 is 11.0. The average Bonchev–Trinajstić information content (AvgIpc) is 3.66. The number of allylic oxidation sites excluding steroid dienone is 2. The van der Waals surface area contributed by atoms with E-state index in [0.29, 0.717) is 54.4 Å². The van der Waals surface area contributed by atoms with Crippen molar-refractivity contribution >= 4 is 11.6 Å². The van der Waals surface area contributed by atoms with Gasteiger partial charge in [-0.2, -0.15) is 0 Å². The lowest BCUT2D eigenvalue weighted by Crippen LogP contribution is -2.46. The zero-order valence-electron chi connectivity index (χ0n) is 32.2. The summed E-state index contributed by atoms with van der Waals surface area (Å²) >= 11 is 0. The standard InChI is InChI=1S/C42H62O9/c1-21(2)35-27-14-33(43)23(5)26-11-13-41(48,20-51-9)32(26)18-42(49,38(35)46)28(27)15-30-37(45)36(22(3)4)29-16-34(44)24(6)25-10-12-40(47,19-50-8)31(25)17-39(29,30)7/h17-18,21-26,28,30,33-34,43-44,47-49H,10-16,19-20H2,1-9H3/b31-17+,32-18+/t23-,24-,25+,26+,28-,30-,33+,34+,39-,40+,41+,42+/m1/s1. The van der Waals surface area contributed by atoms with Gasteiger partial charge in [0.1, 0.15) is 11.2 Å². The van der Waals surface area contributed by atoms with E-state index in [4.69, 9.17) is 9.47 Å². The van der Waals surface area contributed by atoms with Gasteiger partial charge in [0.05, 0.1) is 25.4 Å².